The molecule has 1 saturated heterocycles. The third-order valence-corrected chi connectivity index (χ3v) is 4.46. The molecule has 0 aromatic heterocycles. The maximum atomic E-state index is 12.4. The van der Waals surface area contributed by atoms with Gasteiger partial charge in [-0.25, -0.2) is 4.99 Å². The number of amides is 1. The van der Waals surface area contributed by atoms with Crippen molar-refractivity contribution in [3.05, 3.63) is 60.2 Å². The Balaban J connectivity index is 0.00000280. The monoisotopic (exact) mass is 494 g/mol. The summed E-state index contributed by atoms with van der Waals surface area (Å²) in [5.41, 5.74) is 2.04. The molecule has 2 aromatic carbocycles. The van der Waals surface area contributed by atoms with E-state index in [0.717, 1.165) is 29.5 Å². The Morgan fingerprint density at radius 2 is 1.89 bits per heavy atom. The molecule has 0 radical (unpaired) electrons. The van der Waals surface area contributed by atoms with E-state index in [0.29, 0.717) is 19.5 Å². The summed E-state index contributed by atoms with van der Waals surface area (Å²) in [5, 5.41) is 6.65. The van der Waals surface area contributed by atoms with Crippen LogP contribution < -0.4 is 20.3 Å². The summed E-state index contributed by atoms with van der Waals surface area (Å²) < 4.78 is 5.18. The lowest BCUT2D eigenvalue weighted by molar-refractivity contribution is -0.117. The second kappa shape index (κ2) is 10.9. The van der Waals surface area contributed by atoms with Crippen LogP contribution in [0.2, 0.25) is 0 Å². The Kier molecular flexibility index (Phi) is 8.56. The van der Waals surface area contributed by atoms with Gasteiger partial charge in [-0.2, -0.15) is 0 Å². The van der Waals surface area contributed by atoms with Crippen LogP contribution in [0.3, 0.4) is 0 Å². The molecule has 0 saturated carbocycles. The van der Waals surface area contributed by atoms with Crippen molar-refractivity contribution < 1.29 is 9.53 Å². The summed E-state index contributed by atoms with van der Waals surface area (Å²) in [6.07, 6.45) is 0.460. The Morgan fingerprint density at radius 3 is 2.54 bits per heavy atom. The van der Waals surface area contributed by atoms with Gasteiger partial charge < -0.3 is 20.3 Å². The predicted molar refractivity (Wildman–Crippen MR) is 124 cm³/mol. The Hall–Kier alpha value is -2.29. The first-order chi connectivity index (χ1) is 13.2. The Labute approximate surface area is 183 Å². The Bertz CT molecular complexity index is 781. The first-order valence-electron chi connectivity index (χ1n) is 9.22. The molecular weight excluding hydrogens is 467 g/mol. The number of aliphatic imine (C=N–C) groups is 1. The van der Waals surface area contributed by atoms with E-state index in [-0.39, 0.29) is 35.9 Å². The zero-order valence-corrected chi connectivity index (χ0v) is 18.6. The van der Waals surface area contributed by atoms with Gasteiger partial charge in [0.1, 0.15) is 5.75 Å². The van der Waals surface area contributed by atoms with Gasteiger partial charge in [0.15, 0.2) is 5.96 Å². The lowest BCUT2D eigenvalue weighted by Crippen LogP contribution is -2.44. The SMILES string of the molecule is CCNC(=NCc1ccc(OC)cc1)NC1CC(=O)N(c2ccccc2)C1.I. The molecule has 1 aliphatic rings. The lowest BCUT2D eigenvalue weighted by Gasteiger charge is -2.19. The van der Waals surface area contributed by atoms with Gasteiger partial charge in [-0.15, -0.1) is 24.0 Å². The Morgan fingerprint density at radius 1 is 1.18 bits per heavy atom. The molecule has 1 unspecified atom stereocenters. The average Bonchev–Trinajstić information content (AvgIpc) is 3.07. The van der Waals surface area contributed by atoms with E-state index in [1.807, 2.05) is 66.4 Å². The maximum Gasteiger partial charge on any atom is 0.229 e. The molecule has 1 fully saturated rings. The lowest BCUT2D eigenvalue weighted by atomic mass is 10.2. The number of carbonyl (C=O) groups is 1. The number of halogens is 1. The first kappa shape index (κ1) is 22.0. The largest absolute Gasteiger partial charge is 0.497 e. The van der Waals surface area contributed by atoms with Crippen molar-refractivity contribution in [3.63, 3.8) is 0 Å². The van der Waals surface area contributed by atoms with E-state index >= 15 is 0 Å². The minimum Gasteiger partial charge on any atom is -0.497 e. The number of carbonyl (C=O) groups excluding carboxylic acids is 1. The highest BCUT2D eigenvalue weighted by atomic mass is 127. The van der Waals surface area contributed by atoms with Crippen LogP contribution >= 0.6 is 24.0 Å². The molecule has 1 atom stereocenters. The van der Waals surface area contributed by atoms with Gasteiger partial charge in [-0.1, -0.05) is 30.3 Å². The molecule has 7 heteroatoms. The van der Waals surface area contributed by atoms with Crippen LogP contribution in [0.4, 0.5) is 5.69 Å². The number of ether oxygens (including phenoxy) is 1. The number of nitrogens with one attached hydrogen (secondary N) is 2. The normalized spacial score (nSPS) is 16.5. The summed E-state index contributed by atoms with van der Waals surface area (Å²) in [6.45, 7) is 3.98. The number of rotatable bonds is 6. The molecule has 1 aliphatic heterocycles. The van der Waals surface area contributed by atoms with Crippen molar-refractivity contribution in [1.29, 1.82) is 0 Å². The molecule has 3 rings (SSSR count). The number of para-hydroxylation sites is 1. The third-order valence-electron chi connectivity index (χ3n) is 4.46. The molecule has 1 amide bonds. The summed E-state index contributed by atoms with van der Waals surface area (Å²) in [7, 11) is 1.65. The van der Waals surface area contributed by atoms with Crippen molar-refractivity contribution >= 4 is 41.5 Å². The number of anilines is 1. The average molecular weight is 494 g/mol. The summed E-state index contributed by atoms with van der Waals surface area (Å²) in [5.74, 6) is 1.68. The quantitative estimate of drug-likeness (QED) is 0.368. The number of benzene rings is 2. The number of guanidine groups is 1. The molecule has 0 aliphatic carbocycles. The highest BCUT2D eigenvalue weighted by Gasteiger charge is 2.30. The van der Waals surface area contributed by atoms with Crippen molar-refractivity contribution in [2.75, 3.05) is 25.1 Å². The van der Waals surface area contributed by atoms with E-state index in [1.165, 1.54) is 0 Å². The van der Waals surface area contributed by atoms with Crippen LogP contribution in [0, 0.1) is 0 Å². The fourth-order valence-corrected chi connectivity index (χ4v) is 3.08. The molecule has 1 heterocycles. The summed E-state index contributed by atoms with van der Waals surface area (Å²) in [4.78, 5) is 18.9. The number of methoxy groups -OCH3 is 1. The van der Waals surface area contributed by atoms with Crippen LogP contribution in [0.15, 0.2) is 59.6 Å². The second-order valence-corrected chi connectivity index (χ2v) is 6.43. The molecule has 6 nitrogen and oxygen atoms in total. The van der Waals surface area contributed by atoms with Gasteiger partial charge in [-0.05, 0) is 36.8 Å². The summed E-state index contributed by atoms with van der Waals surface area (Å²) >= 11 is 0. The van der Waals surface area contributed by atoms with Gasteiger partial charge in [0, 0.05) is 25.2 Å². The number of hydrogen-bond donors (Lipinski definition) is 2. The van der Waals surface area contributed by atoms with Crippen molar-refractivity contribution in [2.24, 2.45) is 4.99 Å². The van der Waals surface area contributed by atoms with Gasteiger partial charge in [0.25, 0.3) is 0 Å². The molecule has 0 spiro atoms. The van der Waals surface area contributed by atoms with E-state index in [4.69, 9.17) is 4.74 Å². The van der Waals surface area contributed by atoms with Crippen LogP contribution in [-0.4, -0.2) is 38.1 Å². The molecule has 2 aromatic rings. The van der Waals surface area contributed by atoms with Crippen LogP contribution in [0.1, 0.15) is 18.9 Å². The zero-order chi connectivity index (χ0) is 19.1. The van der Waals surface area contributed by atoms with Gasteiger partial charge >= 0.3 is 0 Å². The highest BCUT2D eigenvalue weighted by Crippen LogP contribution is 2.21. The fraction of sp³-hybridized carbons (Fsp3) is 0.333. The number of nitrogens with zero attached hydrogens (tertiary/aromatic N) is 2. The highest BCUT2D eigenvalue weighted by molar-refractivity contribution is 14.0. The van der Waals surface area contributed by atoms with E-state index < -0.39 is 0 Å². The topological polar surface area (TPSA) is 66.0 Å². The molecular formula is C21H27IN4O2. The molecule has 2 N–H and O–H groups in total. The third kappa shape index (κ3) is 5.85. The van der Waals surface area contributed by atoms with E-state index in [2.05, 4.69) is 15.6 Å². The fourth-order valence-electron chi connectivity index (χ4n) is 3.08. The van der Waals surface area contributed by atoms with Crippen molar-refractivity contribution in [2.45, 2.75) is 25.9 Å². The van der Waals surface area contributed by atoms with Gasteiger partial charge in [0.2, 0.25) is 5.91 Å². The van der Waals surface area contributed by atoms with E-state index in [1.54, 1.807) is 7.11 Å². The van der Waals surface area contributed by atoms with Crippen LogP contribution in [-0.2, 0) is 11.3 Å². The van der Waals surface area contributed by atoms with Crippen LogP contribution in [0.5, 0.6) is 5.75 Å². The minimum absolute atomic E-state index is 0. The standard InChI is InChI=1S/C21H26N4O2.HI/c1-3-22-21(23-14-16-9-11-19(27-2)12-10-16)24-17-13-20(26)25(15-17)18-7-5-4-6-8-18;/h4-12,17H,3,13-15H2,1-2H3,(H2,22,23,24);1H. The molecule has 28 heavy (non-hydrogen) atoms. The van der Waals surface area contributed by atoms with Crippen molar-refractivity contribution in [3.8, 4) is 5.75 Å². The second-order valence-electron chi connectivity index (χ2n) is 6.43. The predicted octanol–water partition coefficient (Wildman–Crippen LogP) is 3.17. The van der Waals surface area contributed by atoms with Crippen LogP contribution in [0.25, 0.3) is 0 Å². The molecule has 0 bridgehead atoms. The maximum absolute atomic E-state index is 12.4. The smallest absolute Gasteiger partial charge is 0.229 e. The summed E-state index contributed by atoms with van der Waals surface area (Å²) in [6, 6.07) is 17.7. The van der Waals surface area contributed by atoms with Gasteiger partial charge in [-0.3, -0.25) is 4.79 Å². The molecule has 150 valence electrons. The first-order valence-corrected chi connectivity index (χ1v) is 9.22. The van der Waals surface area contributed by atoms with Crippen molar-refractivity contribution in [1.82, 2.24) is 10.6 Å². The zero-order valence-electron chi connectivity index (χ0n) is 16.2. The number of hydrogen-bond acceptors (Lipinski definition) is 3. The van der Waals surface area contributed by atoms with Gasteiger partial charge in [0.05, 0.1) is 19.7 Å². The van der Waals surface area contributed by atoms with E-state index in [9.17, 15) is 4.79 Å². The minimum atomic E-state index is 0.